The molecule has 0 saturated carbocycles. The maximum Gasteiger partial charge on any atom is 0.277 e. The summed E-state index contributed by atoms with van der Waals surface area (Å²) >= 11 is 1.15. The number of aromatic nitrogens is 2. The Hall–Kier alpha value is -2.59. The second-order valence-electron chi connectivity index (χ2n) is 5.84. The van der Waals surface area contributed by atoms with Crippen LogP contribution in [0.5, 0.6) is 0 Å². The summed E-state index contributed by atoms with van der Waals surface area (Å²) < 4.78 is 35.6. The van der Waals surface area contributed by atoms with Crippen LogP contribution in [0.3, 0.4) is 0 Å². The van der Waals surface area contributed by atoms with Gasteiger partial charge >= 0.3 is 0 Å². The first kappa shape index (κ1) is 19.2. The largest absolute Gasteiger partial charge is 0.469 e. The van der Waals surface area contributed by atoms with E-state index in [-0.39, 0.29) is 11.0 Å². The van der Waals surface area contributed by atoms with Gasteiger partial charge in [-0.3, -0.25) is 9.52 Å². The number of carbonyl (C=O) groups is 1. The van der Waals surface area contributed by atoms with Crippen molar-refractivity contribution in [3.8, 4) is 11.5 Å². The molecule has 142 valence electrons. The summed E-state index contributed by atoms with van der Waals surface area (Å²) in [4.78, 5) is 12.6. The molecule has 0 aliphatic heterocycles. The van der Waals surface area contributed by atoms with Crippen LogP contribution in [0.15, 0.2) is 50.7 Å². The number of Topliss-reactive ketones (excluding diaryl/α,β-unsaturated/α-hetero) is 1. The van der Waals surface area contributed by atoms with Crippen molar-refractivity contribution in [3.63, 3.8) is 0 Å². The van der Waals surface area contributed by atoms with E-state index in [4.69, 9.17) is 8.83 Å². The summed E-state index contributed by atoms with van der Waals surface area (Å²) in [6.45, 7) is 3.53. The fraction of sp³-hybridized carbons (Fsp3) is 0.235. The highest BCUT2D eigenvalue weighted by Gasteiger charge is 2.21. The van der Waals surface area contributed by atoms with Crippen molar-refractivity contribution in [2.75, 3.05) is 11.0 Å². The molecule has 3 rings (SSSR count). The molecule has 0 spiro atoms. The van der Waals surface area contributed by atoms with Crippen molar-refractivity contribution in [1.29, 1.82) is 0 Å². The van der Waals surface area contributed by atoms with E-state index in [0.29, 0.717) is 28.5 Å². The van der Waals surface area contributed by atoms with Crippen molar-refractivity contribution in [2.24, 2.45) is 0 Å². The molecule has 0 amide bonds. The fourth-order valence-electron chi connectivity index (χ4n) is 2.33. The van der Waals surface area contributed by atoms with Gasteiger partial charge in [0.1, 0.15) is 5.76 Å². The Bertz CT molecular complexity index is 1050. The Morgan fingerprint density at radius 3 is 2.48 bits per heavy atom. The smallest absolute Gasteiger partial charge is 0.277 e. The van der Waals surface area contributed by atoms with E-state index in [1.54, 1.807) is 32.0 Å². The zero-order valence-electron chi connectivity index (χ0n) is 14.8. The monoisotopic (exact) mass is 407 g/mol. The minimum atomic E-state index is -3.36. The Balaban J connectivity index is 1.67. The third kappa shape index (κ3) is 4.77. The first-order valence-electron chi connectivity index (χ1n) is 7.89. The van der Waals surface area contributed by atoms with Crippen molar-refractivity contribution >= 4 is 33.3 Å². The van der Waals surface area contributed by atoms with Gasteiger partial charge in [-0.05, 0) is 44.2 Å². The van der Waals surface area contributed by atoms with Crippen molar-refractivity contribution in [3.05, 3.63) is 47.9 Å². The van der Waals surface area contributed by atoms with Gasteiger partial charge in [0.25, 0.3) is 11.1 Å². The maximum absolute atomic E-state index is 12.6. The number of benzene rings is 1. The number of aryl methyl sites for hydroxylation is 1. The van der Waals surface area contributed by atoms with Gasteiger partial charge in [-0.15, -0.1) is 10.2 Å². The molecule has 27 heavy (non-hydrogen) atoms. The average molecular weight is 407 g/mol. The van der Waals surface area contributed by atoms with Crippen molar-refractivity contribution in [1.82, 2.24) is 10.2 Å². The molecule has 1 atom stereocenters. The van der Waals surface area contributed by atoms with E-state index in [0.717, 1.165) is 18.0 Å². The minimum Gasteiger partial charge on any atom is -0.469 e. The quantitative estimate of drug-likeness (QED) is 0.468. The lowest BCUT2D eigenvalue weighted by molar-refractivity contribution is 0.0993. The lowest BCUT2D eigenvalue weighted by Gasteiger charge is -2.09. The zero-order valence-corrected chi connectivity index (χ0v) is 16.4. The molecular weight excluding hydrogens is 390 g/mol. The number of nitrogens with one attached hydrogen (secondary N) is 1. The van der Waals surface area contributed by atoms with Gasteiger partial charge in [0.15, 0.2) is 5.78 Å². The first-order chi connectivity index (χ1) is 12.7. The standard InChI is InChI=1S/C17H17N3O5S2/c1-10-14(8-9-24-10)16-18-19-17(25-16)26-11(2)15(21)12-4-6-13(7-5-12)20-27(3,22)23/h4-9,11,20H,1-3H3. The summed E-state index contributed by atoms with van der Waals surface area (Å²) in [7, 11) is -3.36. The zero-order chi connectivity index (χ0) is 19.6. The van der Waals surface area contributed by atoms with E-state index in [9.17, 15) is 13.2 Å². The van der Waals surface area contributed by atoms with Gasteiger partial charge in [-0.25, -0.2) is 8.42 Å². The van der Waals surface area contributed by atoms with E-state index in [1.165, 1.54) is 18.4 Å². The van der Waals surface area contributed by atoms with Gasteiger partial charge in [0, 0.05) is 11.3 Å². The summed E-state index contributed by atoms with van der Waals surface area (Å²) in [6, 6.07) is 7.95. The number of furan rings is 1. The van der Waals surface area contributed by atoms with Gasteiger partial charge in [-0.1, -0.05) is 11.8 Å². The van der Waals surface area contributed by atoms with Crippen molar-refractivity contribution in [2.45, 2.75) is 24.3 Å². The normalized spacial score (nSPS) is 12.7. The lowest BCUT2D eigenvalue weighted by atomic mass is 10.1. The average Bonchev–Trinajstić information content (AvgIpc) is 3.22. The van der Waals surface area contributed by atoms with Crippen LogP contribution in [0.4, 0.5) is 5.69 Å². The number of hydrogen-bond donors (Lipinski definition) is 1. The highest BCUT2D eigenvalue weighted by molar-refractivity contribution is 8.00. The number of nitrogens with zero attached hydrogens (tertiary/aromatic N) is 2. The van der Waals surface area contributed by atoms with Gasteiger partial charge in [-0.2, -0.15) is 0 Å². The molecule has 0 fully saturated rings. The molecule has 0 bridgehead atoms. The number of carbonyl (C=O) groups excluding carboxylic acids is 1. The number of ketones is 1. The molecule has 3 aromatic rings. The van der Waals surface area contributed by atoms with Crippen LogP contribution < -0.4 is 4.72 Å². The Kier molecular flexibility index (Phi) is 5.38. The molecule has 1 unspecified atom stereocenters. The molecule has 8 nitrogen and oxygen atoms in total. The maximum atomic E-state index is 12.6. The molecule has 0 saturated heterocycles. The van der Waals surface area contributed by atoms with Crippen LogP contribution in [-0.2, 0) is 10.0 Å². The second kappa shape index (κ2) is 7.57. The molecule has 2 heterocycles. The van der Waals surface area contributed by atoms with E-state index in [2.05, 4.69) is 14.9 Å². The Morgan fingerprint density at radius 2 is 1.89 bits per heavy atom. The topological polar surface area (TPSA) is 115 Å². The summed E-state index contributed by atoms with van der Waals surface area (Å²) in [5.74, 6) is 0.867. The van der Waals surface area contributed by atoms with Crippen LogP contribution in [-0.4, -0.2) is 35.9 Å². The molecular formula is C17H17N3O5S2. The van der Waals surface area contributed by atoms with Gasteiger partial charge < -0.3 is 8.83 Å². The van der Waals surface area contributed by atoms with Crippen LogP contribution in [0.25, 0.3) is 11.5 Å². The summed E-state index contributed by atoms with van der Waals surface area (Å²) in [6.07, 6.45) is 2.60. The second-order valence-corrected chi connectivity index (χ2v) is 8.88. The van der Waals surface area contributed by atoms with Crippen LogP contribution in [0.1, 0.15) is 23.0 Å². The number of thioether (sulfide) groups is 1. The van der Waals surface area contributed by atoms with Crippen LogP contribution >= 0.6 is 11.8 Å². The third-order valence-corrected chi connectivity index (χ3v) is 5.16. The van der Waals surface area contributed by atoms with E-state index >= 15 is 0 Å². The number of anilines is 1. The van der Waals surface area contributed by atoms with E-state index < -0.39 is 15.3 Å². The third-order valence-electron chi connectivity index (χ3n) is 3.62. The Labute approximate surface area is 160 Å². The van der Waals surface area contributed by atoms with E-state index in [1.807, 2.05) is 0 Å². The highest BCUT2D eigenvalue weighted by Crippen LogP contribution is 2.29. The SMILES string of the molecule is Cc1occc1-c1nnc(SC(C)C(=O)c2ccc(NS(C)(=O)=O)cc2)o1. The number of hydrogen-bond acceptors (Lipinski definition) is 8. The molecule has 0 radical (unpaired) electrons. The fourth-order valence-corrected chi connectivity index (χ4v) is 3.65. The predicted octanol–water partition coefficient (Wildman–Crippen LogP) is 3.37. The number of sulfonamides is 1. The molecule has 0 aliphatic carbocycles. The predicted molar refractivity (Wildman–Crippen MR) is 101 cm³/mol. The van der Waals surface area contributed by atoms with Gasteiger partial charge in [0.2, 0.25) is 10.0 Å². The van der Waals surface area contributed by atoms with Crippen LogP contribution in [0, 0.1) is 6.92 Å². The molecule has 1 aromatic carbocycles. The summed E-state index contributed by atoms with van der Waals surface area (Å²) in [5, 5.41) is 7.75. The highest BCUT2D eigenvalue weighted by atomic mass is 32.2. The minimum absolute atomic E-state index is 0.134. The lowest BCUT2D eigenvalue weighted by Crippen LogP contribution is -2.14. The van der Waals surface area contributed by atoms with Crippen LogP contribution in [0.2, 0.25) is 0 Å². The molecule has 1 N–H and O–H groups in total. The summed E-state index contributed by atoms with van der Waals surface area (Å²) in [5.41, 5.74) is 1.56. The molecule has 0 aliphatic rings. The molecule has 2 aromatic heterocycles. The number of rotatable bonds is 7. The first-order valence-corrected chi connectivity index (χ1v) is 10.7. The Morgan fingerprint density at radius 1 is 1.19 bits per heavy atom. The van der Waals surface area contributed by atoms with Crippen molar-refractivity contribution < 1.29 is 22.0 Å². The molecule has 10 heteroatoms. The van der Waals surface area contributed by atoms with Gasteiger partial charge in [0.05, 0.1) is 23.3 Å².